The topological polar surface area (TPSA) is 49.0 Å². The summed E-state index contributed by atoms with van der Waals surface area (Å²) >= 11 is 5.99. The van der Waals surface area contributed by atoms with Gasteiger partial charge in [0, 0.05) is 16.8 Å². The number of hydrogen-bond acceptors (Lipinski definition) is 4. The van der Waals surface area contributed by atoms with E-state index in [4.69, 9.17) is 21.9 Å². The Morgan fingerprint density at radius 3 is 1.82 bits per heavy atom. The van der Waals surface area contributed by atoms with Crippen molar-refractivity contribution in [1.29, 1.82) is 0 Å². The van der Waals surface area contributed by atoms with Gasteiger partial charge in [0.15, 0.2) is 10.4 Å². The molecule has 38 heavy (non-hydrogen) atoms. The van der Waals surface area contributed by atoms with Crippen LogP contribution in [0, 0.1) is 4.77 Å². The van der Waals surface area contributed by atoms with Crippen molar-refractivity contribution >= 4 is 23.3 Å². The number of ether oxygens (including phenoxy) is 1. The second kappa shape index (κ2) is 9.92. The number of nitrogens with zero attached hydrogens (tertiary/aromatic N) is 3. The second-order valence-corrected chi connectivity index (χ2v) is 9.14. The molecular formula is C32H23N3O2S. The number of methoxy groups -OCH3 is 1. The van der Waals surface area contributed by atoms with Gasteiger partial charge in [-0.15, -0.1) is 0 Å². The lowest BCUT2D eigenvalue weighted by atomic mass is 10.00. The number of aromatic nitrogens is 3. The zero-order chi connectivity index (χ0) is 26.1. The molecule has 0 saturated carbocycles. The van der Waals surface area contributed by atoms with Crippen molar-refractivity contribution in [3.63, 3.8) is 0 Å². The average molecular weight is 514 g/mol. The van der Waals surface area contributed by atoms with Gasteiger partial charge in [0.05, 0.1) is 23.9 Å². The van der Waals surface area contributed by atoms with E-state index in [0.29, 0.717) is 21.5 Å². The van der Waals surface area contributed by atoms with Crippen LogP contribution in [0.5, 0.6) is 5.75 Å². The molecule has 0 fully saturated rings. The fourth-order valence-corrected chi connectivity index (χ4v) is 5.04. The quantitative estimate of drug-likeness (QED) is 0.228. The number of fused-ring (bicyclic) bond motifs is 1. The molecule has 0 unspecified atom stereocenters. The number of pyridine rings is 1. The number of benzene rings is 4. The van der Waals surface area contributed by atoms with Crippen molar-refractivity contribution in [2.45, 2.75) is 0 Å². The van der Waals surface area contributed by atoms with Crippen LogP contribution < -0.4 is 10.3 Å². The van der Waals surface area contributed by atoms with E-state index in [0.717, 1.165) is 33.8 Å². The summed E-state index contributed by atoms with van der Waals surface area (Å²) in [7, 11) is 1.64. The predicted molar refractivity (Wildman–Crippen MR) is 155 cm³/mol. The molecule has 0 saturated heterocycles. The molecule has 0 N–H and O–H groups in total. The Balaban J connectivity index is 1.81. The van der Waals surface area contributed by atoms with E-state index in [1.165, 1.54) is 0 Å². The monoisotopic (exact) mass is 513 g/mol. The van der Waals surface area contributed by atoms with Crippen LogP contribution in [-0.2, 0) is 0 Å². The Kier molecular flexibility index (Phi) is 6.15. The fraction of sp³-hybridized carbons (Fsp3) is 0.0312. The first-order valence-corrected chi connectivity index (χ1v) is 12.6. The van der Waals surface area contributed by atoms with Gasteiger partial charge in [0.25, 0.3) is 5.56 Å². The summed E-state index contributed by atoms with van der Waals surface area (Å²) in [6.07, 6.45) is 0. The summed E-state index contributed by atoms with van der Waals surface area (Å²) < 4.78 is 9.20. The Hall–Kier alpha value is -4.81. The molecule has 5 nitrogen and oxygen atoms in total. The van der Waals surface area contributed by atoms with Crippen molar-refractivity contribution in [1.82, 2.24) is 14.1 Å². The molecule has 0 spiro atoms. The molecule has 0 radical (unpaired) electrons. The van der Waals surface area contributed by atoms with Crippen molar-refractivity contribution in [2.75, 3.05) is 7.11 Å². The van der Waals surface area contributed by atoms with Crippen molar-refractivity contribution in [3.8, 4) is 39.5 Å². The minimum absolute atomic E-state index is 0.221. The van der Waals surface area contributed by atoms with Gasteiger partial charge in [-0.25, -0.2) is 4.98 Å². The Labute approximate surface area is 224 Å². The van der Waals surface area contributed by atoms with Gasteiger partial charge >= 0.3 is 0 Å². The molecule has 6 rings (SSSR count). The Morgan fingerprint density at radius 1 is 0.684 bits per heavy atom. The third-order valence-corrected chi connectivity index (χ3v) is 6.88. The highest BCUT2D eigenvalue weighted by Gasteiger charge is 2.20. The van der Waals surface area contributed by atoms with Gasteiger partial charge in [-0.2, -0.15) is 0 Å². The third kappa shape index (κ3) is 4.11. The van der Waals surface area contributed by atoms with Crippen LogP contribution in [0.15, 0.2) is 126 Å². The maximum atomic E-state index is 14.3. The van der Waals surface area contributed by atoms with Crippen LogP contribution in [0.2, 0.25) is 0 Å². The fourth-order valence-electron chi connectivity index (χ4n) is 4.66. The van der Waals surface area contributed by atoms with Gasteiger partial charge in [0.2, 0.25) is 0 Å². The SMILES string of the molecule is COc1ccc(-c2cc(-c3ccccc3)nc3c2c(=O)n(-c2ccccc2)c(=S)n3-c2ccccc2)cc1. The highest BCUT2D eigenvalue weighted by molar-refractivity contribution is 7.71. The first-order valence-electron chi connectivity index (χ1n) is 12.2. The van der Waals surface area contributed by atoms with Crippen LogP contribution in [0.3, 0.4) is 0 Å². The largest absolute Gasteiger partial charge is 0.497 e. The maximum Gasteiger partial charge on any atom is 0.269 e. The normalized spacial score (nSPS) is 11.0. The number of para-hydroxylation sites is 2. The minimum atomic E-state index is -0.221. The number of rotatable bonds is 5. The number of hydrogen-bond donors (Lipinski definition) is 0. The van der Waals surface area contributed by atoms with Crippen molar-refractivity contribution < 1.29 is 4.74 Å². The molecule has 2 aromatic heterocycles. The van der Waals surface area contributed by atoms with Gasteiger partial charge in [-0.3, -0.25) is 13.9 Å². The molecule has 2 heterocycles. The zero-order valence-electron chi connectivity index (χ0n) is 20.6. The van der Waals surface area contributed by atoms with Gasteiger partial charge in [0.1, 0.15) is 5.75 Å². The standard InChI is InChI=1S/C32H23N3O2S/c1-37-26-19-17-22(18-20-26)27-21-28(23-11-5-2-6-12-23)33-30-29(27)31(36)35(25-15-9-4-10-16-25)32(38)34(30)24-13-7-3-8-14-24/h2-21H,1H3. The summed E-state index contributed by atoms with van der Waals surface area (Å²) in [4.78, 5) is 19.4. The molecule has 0 aliphatic heterocycles. The highest BCUT2D eigenvalue weighted by Crippen LogP contribution is 2.33. The molecular weight excluding hydrogens is 490 g/mol. The Morgan fingerprint density at radius 2 is 1.24 bits per heavy atom. The minimum Gasteiger partial charge on any atom is -0.497 e. The lowest BCUT2D eigenvalue weighted by Crippen LogP contribution is -2.25. The van der Waals surface area contributed by atoms with E-state index in [2.05, 4.69) is 0 Å². The zero-order valence-corrected chi connectivity index (χ0v) is 21.4. The molecule has 6 heteroatoms. The molecule has 0 aliphatic carbocycles. The van der Waals surface area contributed by atoms with Crippen LogP contribution in [0.4, 0.5) is 0 Å². The van der Waals surface area contributed by atoms with Crippen LogP contribution in [0.1, 0.15) is 0 Å². The summed E-state index contributed by atoms with van der Waals surface area (Å²) in [6.45, 7) is 0. The highest BCUT2D eigenvalue weighted by atomic mass is 32.1. The molecule has 6 aromatic rings. The third-order valence-electron chi connectivity index (χ3n) is 6.51. The van der Waals surface area contributed by atoms with E-state index in [1.807, 2.05) is 126 Å². The molecule has 0 atom stereocenters. The predicted octanol–water partition coefficient (Wildman–Crippen LogP) is 7.25. The molecule has 4 aromatic carbocycles. The lowest BCUT2D eigenvalue weighted by molar-refractivity contribution is 0.415. The molecule has 0 amide bonds. The summed E-state index contributed by atoms with van der Waals surface area (Å²) in [5, 5.41) is 0.483. The maximum absolute atomic E-state index is 14.3. The average Bonchev–Trinajstić information content (AvgIpc) is 2.98. The van der Waals surface area contributed by atoms with Gasteiger partial charge in [-0.05, 0) is 60.2 Å². The van der Waals surface area contributed by atoms with E-state index in [9.17, 15) is 4.79 Å². The van der Waals surface area contributed by atoms with Crippen LogP contribution in [0.25, 0.3) is 44.8 Å². The van der Waals surface area contributed by atoms with E-state index in [-0.39, 0.29) is 5.56 Å². The second-order valence-electron chi connectivity index (χ2n) is 8.78. The van der Waals surface area contributed by atoms with Gasteiger partial charge in [-0.1, -0.05) is 78.9 Å². The first kappa shape index (κ1) is 23.6. The van der Waals surface area contributed by atoms with Crippen LogP contribution in [-0.4, -0.2) is 21.2 Å². The van der Waals surface area contributed by atoms with E-state index in [1.54, 1.807) is 11.7 Å². The van der Waals surface area contributed by atoms with Crippen molar-refractivity contribution in [2.24, 2.45) is 0 Å². The van der Waals surface area contributed by atoms with Crippen molar-refractivity contribution in [3.05, 3.63) is 136 Å². The lowest BCUT2D eigenvalue weighted by Gasteiger charge is -2.19. The molecule has 0 bridgehead atoms. The summed E-state index contributed by atoms with van der Waals surface area (Å²) in [5.41, 5.74) is 5.15. The van der Waals surface area contributed by atoms with E-state index >= 15 is 0 Å². The smallest absolute Gasteiger partial charge is 0.269 e. The first-order chi connectivity index (χ1) is 18.7. The van der Waals surface area contributed by atoms with Crippen LogP contribution >= 0.6 is 12.2 Å². The summed E-state index contributed by atoms with van der Waals surface area (Å²) in [5.74, 6) is 0.740. The Bertz CT molecular complexity index is 1860. The van der Waals surface area contributed by atoms with E-state index < -0.39 is 0 Å². The van der Waals surface area contributed by atoms with Gasteiger partial charge < -0.3 is 4.74 Å². The summed E-state index contributed by atoms with van der Waals surface area (Å²) in [6, 6.07) is 38.9. The molecule has 184 valence electrons. The molecule has 0 aliphatic rings.